The smallest absolute Gasteiger partial charge is 0.340 e. The predicted molar refractivity (Wildman–Crippen MR) is 96.2 cm³/mol. The fraction of sp³-hybridized carbons (Fsp3) is 0.263. The fourth-order valence-electron chi connectivity index (χ4n) is 2.10. The van der Waals surface area contributed by atoms with Crippen LogP contribution >= 0.6 is 23.2 Å². The summed E-state index contributed by atoms with van der Waals surface area (Å²) in [5, 5.41) is 0.612. The number of benzene rings is 2. The lowest BCUT2D eigenvalue weighted by Crippen LogP contribution is -2.15. The molecular weight excluding hydrogens is 347 g/mol. The van der Waals surface area contributed by atoms with Gasteiger partial charge in [0.15, 0.2) is 12.4 Å². The summed E-state index contributed by atoms with van der Waals surface area (Å²) in [4.78, 5) is 24.1. The Morgan fingerprint density at radius 3 is 2.17 bits per heavy atom. The Balaban J connectivity index is 2.01. The molecule has 0 unspecified atom stereocenters. The molecule has 0 aliphatic rings. The highest BCUT2D eigenvalue weighted by Gasteiger charge is 2.17. The maximum atomic E-state index is 12.1. The molecule has 0 heterocycles. The Morgan fingerprint density at radius 1 is 1.00 bits per heavy atom. The van der Waals surface area contributed by atoms with Gasteiger partial charge in [0, 0.05) is 10.6 Å². The average Bonchev–Trinajstić information content (AvgIpc) is 2.51. The molecule has 0 aliphatic heterocycles. The van der Waals surface area contributed by atoms with Crippen molar-refractivity contribution in [3.05, 3.63) is 69.2 Å². The Hall–Kier alpha value is -1.84. The summed E-state index contributed by atoms with van der Waals surface area (Å²) in [6.07, 6.45) is 0. The summed E-state index contributed by atoms with van der Waals surface area (Å²) in [7, 11) is 0. The van der Waals surface area contributed by atoms with Gasteiger partial charge in [0.2, 0.25) is 0 Å². The molecule has 0 amide bonds. The predicted octanol–water partition coefficient (Wildman–Crippen LogP) is 5.33. The van der Waals surface area contributed by atoms with Gasteiger partial charge < -0.3 is 4.74 Å². The minimum atomic E-state index is -0.656. The zero-order valence-corrected chi connectivity index (χ0v) is 15.2. The third-order valence-corrected chi connectivity index (χ3v) is 4.11. The molecular formula is C19H18Cl2O3. The molecule has 0 spiro atoms. The van der Waals surface area contributed by atoms with Crippen molar-refractivity contribution < 1.29 is 14.3 Å². The quantitative estimate of drug-likeness (QED) is 0.543. The zero-order valence-electron chi connectivity index (χ0n) is 13.7. The van der Waals surface area contributed by atoms with Crippen molar-refractivity contribution >= 4 is 35.0 Å². The van der Waals surface area contributed by atoms with E-state index in [1.54, 1.807) is 12.1 Å². The molecule has 0 atom stereocenters. The fourth-order valence-corrected chi connectivity index (χ4v) is 2.59. The van der Waals surface area contributed by atoms with E-state index < -0.39 is 5.97 Å². The molecule has 5 heteroatoms. The molecule has 2 aromatic rings. The van der Waals surface area contributed by atoms with Crippen LogP contribution < -0.4 is 0 Å². The van der Waals surface area contributed by atoms with E-state index in [0.717, 1.165) is 5.56 Å². The minimum absolute atomic E-state index is 0.0133. The van der Waals surface area contributed by atoms with Crippen molar-refractivity contribution in [2.24, 2.45) is 0 Å². The number of esters is 1. The SMILES string of the molecule is CC(C)(C)c1ccc(C(=O)COC(=O)c2ccc(Cl)cc2Cl)cc1. The van der Waals surface area contributed by atoms with Crippen molar-refractivity contribution in [2.45, 2.75) is 26.2 Å². The van der Waals surface area contributed by atoms with Crippen LogP contribution in [0.5, 0.6) is 0 Å². The van der Waals surface area contributed by atoms with Crippen LogP contribution in [-0.4, -0.2) is 18.4 Å². The van der Waals surface area contributed by atoms with E-state index >= 15 is 0 Å². The second kappa shape index (κ2) is 7.37. The average molecular weight is 365 g/mol. The maximum Gasteiger partial charge on any atom is 0.340 e. The number of carbonyl (C=O) groups excluding carboxylic acids is 2. The van der Waals surface area contributed by atoms with Gasteiger partial charge >= 0.3 is 5.97 Å². The summed E-state index contributed by atoms with van der Waals surface area (Å²) < 4.78 is 5.05. The second-order valence-corrected chi connectivity index (χ2v) is 7.29. The van der Waals surface area contributed by atoms with Crippen molar-refractivity contribution in [3.8, 4) is 0 Å². The lowest BCUT2D eigenvalue weighted by atomic mass is 9.86. The first-order valence-corrected chi connectivity index (χ1v) is 8.20. The van der Waals surface area contributed by atoms with Crippen LogP contribution in [0.25, 0.3) is 0 Å². The minimum Gasteiger partial charge on any atom is -0.454 e. The number of rotatable bonds is 4. The van der Waals surface area contributed by atoms with E-state index in [0.29, 0.717) is 10.6 Å². The standard InChI is InChI=1S/C19H18Cl2O3/c1-19(2,3)13-6-4-12(5-7-13)17(22)11-24-18(23)15-9-8-14(20)10-16(15)21/h4-10H,11H2,1-3H3. The number of ketones is 1. The number of carbonyl (C=O) groups is 2. The third-order valence-electron chi connectivity index (χ3n) is 3.56. The van der Waals surface area contributed by atoms with Crippen molar-refractivity contribution in [1.82, 2.24) is 0 Å². The second-order valence-electron chi connectivity index (χ2n) is 6.45. The van der Waals surface area contributed by atoms with Crippen LogP contribution in [0.3, 0.4) is 0 Å². The lowest BCUT2D eigenvalue weighted by Gasteiger charge is -2.18. The van der Waals surface area contributed by atoms with Gasteiger partial charge in [-0.15, -0.1) is 0 Å². The van der Waals surface area contributed by atoms with Crippen LogP contribution in [0, 0.1) is 0 Å². The third kappa shape index (κ3) is 4.59. The molecule has 24 heavy (non-hydrogen) atoms. The first kappa shape index (κ1) is 18.5. The van der Waals surface area contributed by atoms with Gasteiger partial charge in [-0.3, -0.25) is 4.79 Å². The van der Waals surface area contributed by atoms with E-state index in [1.807, 2.05) is 12.1 Å². The van der Waals surface area contributed by atoms with Crippen LogP contribution in [0.4, 0.5) is 0 Å². The summed E-state index contributed by atoms with van der Waals surface area (Å²) in [5.41, 5.74) is 1.82. The molecule has 0 saturated carbocycles. The molecule has 0 saturated heterocycles. The molecule has 3 nitrogen and oxygen atoms in total. The first-order valence-electron chi connectivity index (χ1n) is 7.44. The number of halogens is 2. The largest absolute Gasteiger partial charge is 0.454 e. The molecule has 0 aromatic heterocycles. The monoisotopic (exact) mass is 364 g/mol. The van der Waals surface area contributed by atoms with Gasteiger partial charge in [0.1, 0.15) is 0 Å². The summed E-state index contributed by atoms with van der Waals surface area (Å²) in [5.74, 6) is -0.926. The van der Waals surface area contributed by atoms with Crippen molar-refractivity contribution in [1.29, 1.82) is 0 Å². The highest BCUT2D eigenvalue weighted by molar-refractivity contribution is 6.36. The van der Waals surface area contributed by atoms with E-state index in [1.165, 1.54) is 18.2 Å². The Kier molecular flexibility index (Phi) is 5.68. The van der Waals surface area contributed by atoms with Gasteiger partial charge in [-0.05, 0) is 29.2 Å². The van der Waals surface area contributed by atoms with Crippen LogP contribution in [0.15, 0.2) is 42.5 Å². The van der Waals surface area contributed by atoms with Crippen LogP contribution in [-0.2, 0) is 10.2 Å². The lowest BCUT2D eigenvalue weighted by molar-refractivity contribution is 0.0475. The maximum absolute atomic E-state index is 12.1. The molecule has 0 aliphatic carbocycles. The molecule has 0 radical (unpaired) electrons. The molecule has 2 aromatic carbocycles. The van der Waals surface area contributed by atoms with Crippen LogP contribution in [0.2, 0.25) is 10.0 Å². The Bertz CT molecular complexity index is 759. The molecule has 126 valence electrons. The van der Waals surface area contributed by atoms with E-state index in [-0.39, 0.29) is 28.4 Å². The zero-order chi connectivity index (χ0) is 17.9. The van der Waals surface area contributed by atoms with Gasteiger partial charge in [-0.1, -0.05) is 68.2 Å². The van der Waals surface area contributed by atoms with E-state index in [2.05, 4.69) is 20.8 Å². The van der Waals surface area contributed by atoms with Crippen molar-refractivity contribution in [2.75, 3.05) is 6.61 Å². The molecule has 0 N–H and O–H groups in total. The summed E-state index contributed by atoms with van der Waals surface area (Å²) in [6.45, 7) is 5.96. The van der Waals surface area contributed by atoms with Gasteiger partial charge in [0.25, 0.3) is 0 Å². The molecule has 0 fully saturated rings. The number of hydrogen-bond acceptors (Lipinski definition) is 3. The summed E-state index contributed by atoms with van der Waals surface area (Å²) in [6, 6.07) is 11.8. The van der Waals surface area contributed by atoms with Crippen LogP contribution in [0.1, 0.15) is 47.1 Å². The Morgan fingerprint density at radius 2 is 1.62 bits per heavy atom. The van der Waals surface area contributed by atoms with Gasteiger partial charge in [-0.25, -0.2) is 4.79 Å². The highest BCUT2D eigenvalue weighted by Crippen LogP contribution is 2.23. The number of ether oxygens (including phenoxy) is 1. The van der Waals surface area contributed by atoms with Crippen molar-refractivity contribution in [3.63, 3.8) is 0 Å². The Labute approximate surface area is 151 Å². The highest BCUT2D eigenvalue weighted by atomic mass is 35.5. The van der Waals surface area contributed by atoms with E-state index in [4.69, 9.17) is 27.9 Å². The number of hydrogen-bond donors (Lipinski definition) is 0. The summed E-state index contributed by atoms with van der Waals surface area (Å²) >= 11 is 11.7. The van der Waals surface area contributed by atoms with Gasteiger partial charge in [-0.2, -0.15) is 0 Å². The van der Waals surface area contributed by atoms with Gasteiger partial charge in [0.05, 0.1) is 10.6 Å². The number of Topliss-reactive ketones (excluding diaryl/α,β-unsaturated/α-hetero) is 1. The normalized spacial score (nSPS) is 11.2. The first-order chi connectivity index (χ1) is 11.2. The molecule has 0 bridgehead atoms. The van der Waals surface area contributed by atoms with E-state index in [9.17, 15) is 9.59 Å². The topological polar surface area (TPSA) is 43.4 Å². The molecule has 2 rings (SSSR count).